The van der Waals surface area contributed by atoms with E-state index >= 15 is 8.78 Å². The summed E-state index contributed by atoms with van der Waals surface area (Å²) in [5.41, 5.74) is 8.49. The van der Waals surface area contributed by atoms with Crippen molar-refractivity contribution in [2.45, 2.75) is 127 Å². The largest absolute Gasteiger partial charge is 0.507 e. The van der Waals surface area contributed by atoms with Gasteiger partial charge >= 0.3 is 0 Å². The van der Waals surface area contributed by atoms with E-state index in [4.69, 9.17) is 9.72 Å². The fourth-order valence-electron chi connectivity index (χ4n) is 14.9. The van der Waals surface area contributed by atoms with Crippen LogP contribution in [0.5, 0.6) is 17.2 Å². The number of nitrogens with zero attached hydrogens (tertiary/aromatic N) is 1. The Morgan fingerprint density at radius 1 is 0.508 bits per heavy atom. The number of pyridine rings is 1. The quantitative estimate of drug-likeness (QED) is 0.114. The van der Waals surface area contributed by atoms with Crippen molar-refractivity contribution >= 4 is 0 Å². The Bertz CT molecular complexity index is 2370. The second-order valence-corrected chi connectivity index (χ2v) is 21.8. The van der Waals surface area contributed by atoms with Gasteiger partial charge in [0.15, 0.2) is 0 Å². The number of aromatic nitrogens is 1. The van der Waals surface area contributed by atoms with Gasteiger partial charge in [0.05, 0.1) is 18.5 Å². The van der Waals surface area contributed by atoms with E-state index in [0.29, 0.717) is 74.9 Å². The number of phenols is 2. The number of ether oxygens (including phenoxy) is 1. The summed E-state index contributed by atoms with van der Waals surface area (Å²) in [6.07, 6.45) is 13.6. The third kappa shape index (κ3) is 8.14. The van der Waals surface area contributed by atoms with Crippen molar-refractivity contribution in [2.24, 2.45) is 35.5 Å². The number of halogens is 2. The van der Waals surface area contributed by atoms with Gasteiger partial charge < -0.3 is 29.8 Å². The van der Waals surface area contributed by atoms with Crippen LogP contribution in [0.2, 0.25) is 0 Å². The van der Waals surface area contributed by atoms with Crippen molar-refractivity contribution in [3.8, 4) is 62.0 Å². The summed E-state index contributed by atoms with van der Waals surface area (Å²) >= 11 is 0. The summed E-state index contributed by atoms with van der Waals surface area (Å²) in [6.45, 7) is 8.61. The molecule has 342 valence electrons. The number of hydrogen-bond donors (Lipinski definition) is 2. The molecular formula is C58H67F2HfNO3-2. The van der Waals surface area contributed by atoms with Gasteiger partial charge in [0.2, 0.25) is 0 Å². The number of benzene rings is 4. The predicted molar refractivity (Wildman–Crippen MR) is 256 cm³/mol. The molecule has 0 unspecified atom stereocenters. The first kappa shape index (κ1) is 47.6. The average Bonchev–Trinajstić information content (AvgIpc) is 3.23. The molecule has 4 nitrogen and oxygen atoms in total. The summed E-state index contributed by atoms with van der Waals surface area (Å²) < 4.78 is 38.3. The summed E-state index contributed by atoms with van der Waals surface area (Å²) in [7, 11) is 1.64. The van der Waals surface area contributed by atoms with Crippen molar-refractivity contribution in [1.82, 2.24) is 4.98 Å². The third-order valence-electron chi connectivity index (χ3n) is 17.0. The maximum atomic E-state index is 16.1. The zero-order valence-corrected chi connectivity index (χ0v) is 43.1. The number of phenolic OH excluding ortho intramolecular Hbond substituents is 2. The second-order valence-electron chi connectivity index (χ2n) is 21.8. The van der Waals surface area contributed by atoms with Crippen molar-refractivity contribution in [3.63, 3.8) is 0 Å². The minimum atomic E-state index is -0.334. The molecule has 0 atom stereocenters. The molecule has 4 aromatic carbocycles. The number of hydrogen-bond acceptors (Lipinski definition) is 4. The summed E-state index contributed by atoms with van der Waals surface area (Å²) in [6, 6.07) is 22.5. The maximum absolute atomic E-state index is 16.1. The SMILES string of the molecule is COc1cc(-c2cc(C(C)C)ccc2-c2cc(F)cc(C34CC5CC(CC(C5)C3)C4)c2O)nc(-c2cc(C(C)C)ccc2-c2cc(F)cc(C34CC5CC(CC(C5)C3)C4)c2O)c1.[CH3-].[CH3-].[Hf]. The fourth-order valence-corrected chi connectivity index (χ4v) is 14.9. The van der Waals surface area contributed by atoms with Gasteiger partial charge in [-0.1, -0.05) is 52.0 Å². The van der Waals surface area contributed by atoms with Gasteiger partial charge in [-0.3, -0.25) is 0 Å². The number of methoxy groups -OCH3 is 1. The first-order chi connectivity index (χ1) is 29.8. The van der Waals surface area contributed by atoms with Crippen LogP contribution in [-0.4, -0.2) is 22.3 Å². The Kier molecular flexibility index (Phi) is 13.0. The van der Waals surface area contributed by atoms with Gasteiger partial charge in [-0.25, -0.2) is 13.8 Å². The van der Waals surface area contributed by atoms with Crippen molar-refractivity contribution in [2.75, 3.05) is 7.11 Å². The molecule has 8 bridgehead atoms. The molecule has 0 amide bonds. The predicted octanol–water partition coefficient (Wildman–Crippen LogP) is 15.5. The molecule has 8 fully saturated rings. The van der Waals surface area contributed by atoms with Gasteiger partial charge in [-0.05, 0) is 194 Å². The molecule has 65 heavy (non-hydrogen) atoms. The Labute approximate surface area is 405 Å². The Balaban J connectivity index is 0.00000192. The molecule has 2 N–H and O–H groups in total. The van der Waals surface area contributed by atoms with Crippen LogP contribution in [0.4, 0.5) is 8.78 Å². The molecular weight excluding hydrogens is 975 g/mol. The minimum Gasteiger partial charge on any atom is -0.507 e. The molecule has 0 aliphatic heterocycles. The van der Waals surface area contributed by atoms with Crippen LogP contribution in [0.15, 0.2) is 72.8 Å². The van der Waals surface area contributed by atoms with Crippen LogP contribution in [0.1, 0.15) is 139 Å². The molecule has 7 heteroatoms. The van der Waals surface area contributed by atoms with Gasteiger partial charge in [0.1, 0.15) is 28.9 Å². The van der Waals surface area contributed by atoms with E-state index in [1.54, 1.807) is 19.2 Å². The normalized spacial score (nSPS) is 28.0. The zero-order chi connectivity index (χ0) is 42.8. The molecule has 1 heterocycles. The van der Waals surface area contributed by atoms with Crippen LogP contribution in [0.3, 0.4) is 0 Å². The maximum Gasteiger partial charge on any atom is 0.127 e. The van der Waals surface area contributed by atoms with E-state index in [0.717, 1.165) is 71.9 Å². The van der Waals surface area contributed by atoms with Gasteiger partial charge in [-0.15, -0.1) is 0 Å². The van der Waals surface area contributed by atoms with Gasteiger partial charge in [0.25, 0.3) is 0 Å². The van der Waals surface area contributed by atoms with E-state index in [2.05, 4.69) is 52.0 Å². The Morgan fingerprint density at radius 2 is 0.846 bits per heavy atom. The van der Waals surface area contributed by atoms with Crippen LogP contribution in [0, 0.1) is 62.0 Å². The van der Waals surface area contributed by atoms with E-state index in [1.807, 2.05) is 24.3 Å². The molecule has 8 saturated carbocycles. The van der Waals surface area contributed by atoms with Gasteiger partial charge in [0, 0.05) is 71.4 Å². The van der Waals surface area contributed by atoms with Crippen LogP contribution >= 0.6 is 0 Å². The monoisotopic (exact) mass is 1040 g/mol. The topological polar surface area (TPSA) is 62.6 Å². The molecule has 8 aliphatic rings. The summed E-state index contributed by atoms with van der Waals surface area (Å²) in [5, 5.41) is 24.8. The van der Waals surface area contributed by atoms with Crippen molar-refractivity contribution in [1.29, 1.82) is 0 Å². The molecule has 13 rings (SSSR count). The Hall–Kier alpha value is -3.84. The molecule has 1 aromatic heterocycles. The van der Waals surface area contributed by atoms with Crippen LogP contribution in [0.25, 0.3) is 44.8 Å². The molecule has 0 spiro atoms. The number of aromatic hydroxyl groups is 2. The molecule has 8 aliphatic carbocycles. The van der Waals surface area contributed by atoms with E-state index in [9.17, 15) is 10.2 Å². The fraction of sp³-hybridized carbons (Fsp3) is 0.466. The minimum absolute atomic E-state index is 0. The first-order valence-electron chi connectivity index (χ1n) is 23.7. The van der Waals surface area contributed by atoms with E-state index in [1.165, 1.54) is 50.7 Å². The van der Waals surface area contributed by atoms with Crippen molar-refractivity contribution in [3.05, 3.63) is 122 Å². The van der Waals surface area contributed by atoms with E-state index in [-0.39, 0.29) is 86.5 Å². The second kappa shape index (κ2) is 17.7. The number of rotatable bonds is 9. The van der Waals surface area contributed by atoms with Crippen LogP contribution in [-0.2, 0) is 36.7 Å². The molecule has 0 saturated heterocycles. The third-order valence-corrected chi connectivity index (χ3v) is 17.0. The zero-order valence-electron chi connectivity index (χ0n) is 39.5. The standard InChI is InChI=1S/C56H61F2NO3.2CH3.Hf/c1-30(2)38-6-8-43(47-18-40(57)20-49(53(47)60)55-24-32-10-33(25-55)12-34(11-32)26-55)45(16-38)51-22-42(62-5)23-52(59-51)46-17-39(31(3)4)7-9-44(46)48-19-41(58)21-50(54(48)61)56-27-35-13-36(28-56)15-37(14-35)29-56;;;/h6-9,16-23,30-37,60-61H,10-15,24-29H2,1-5H3;2*1H3;/q;2*-1;. The Morgan fingerprint density at radius 3 is 1.15 bits per heavy atom. The van der Waals surface area contributed by atoms with E-state index < -0.39 is 0 Å². The molecule has 5 aromatic rings. The first-order valence-corrected chi connectivity index (χ1v) is 23.7. The van der Waals surface area contributed by atoms with Crippen molar-refractivity contribution < 1.29 is 49.6 Å². The smallest absolute Gasteiger partial charge is 0.127 e. The van der Waals surface area contributed by atoms with Crippen LogP contribution < -0.4 is 4.74 Å². The van der Waals surface area contributed by atoms with Gasteiger partial charge in [-0.2, -0.15) is 0 Å². The molecule has 0 radical (unpaired) electrons. The summed E-state index contributed by atoms with van der Waals surface area (Å²) in [4.78, 5) is 5.42. The summed E-state index contributed by atoms with van der Waals surface area (Å²) in [5.74, 6) is 4.53. The average molecular weight is 1040 g/mol.